The van der Waals surface area contributed by atoms with Crippen molar-refractivity contribution in [3.63, 3.8) is 0 Å². The number of hydrogen-bond donors (Lipinski definition) is 3. The summed E-state index contributed by atoms with van der Waals surface area (Å²) in [4.78, 5) is 58.4. The normalized spacial score (nSPS) is 17.9. The fourth-order valence-corrected chi connectivity index (χ4v) is 3.07. The maximum Gasteiger partial charge on any atom is 0.339 e. The molecule has 2 aromatic rings. The number of carbonyl (C=O) groups excluding carboxylic acids is 4. The SMILES string of the molecule is O=C(O)c1ccccc1O.O=C1CCC(N2C(=O)c3ccccc3C2=O)C(=O)N1. The molecule has 2 aliphatic rings. The van der Waals surface area contributed by atoms with Gasteiger partial charge in [-0.25, -0.2) is 4.79 Å². The van der Waals surface area contributed by atoms with Crippen molar-refractivity contribution in [3.8, 4) is 5.75 Å². The van der Waals surface area contributed by atoms with Crippen LogP contribution >= 0.6 is 0 Å². The second-order valence-corrected chi connectivity index (χ2v) is 6.32. The fourth-order valence-electron chi connectivity index (χ4n) is 3.07. The van der Waals surface area contributed by atoms with E-state index >= 15 is 0 Å². The third-order valence-corrected chi connectivity index (χ3v) is 4.48. The van der Waals surface area contributed by atoms with Crippen molar-refractivity contribution >= 4 is 29.6 Å². The molecule has 148 valence electrons. The first-order valence-corrected chi connectivity index (χ1v) is 8.63. The van der Waals surface area contributed by atoms with Gasteiger partial charge >= 0.3 is 5.97 Å². The molecule has 2 heterocycles. The van der Waals surface area contributed by atoms with Crippen LogP contribution in [0.1, 0.15) is 43.9 Å². The Balaban J connectivity index is 0.000000204. The molecule has 1 fully saturated rings. The number of nitrogens with zero attached hydrogens (tertiary/aromatic N) is 1. The molecule has 0 saturated carbocycles. The van der Waals surface area contributed by atoms with Crippen molar-refractivity contribution in [1.29, 1.82) is 0 Å². The zero-order chi connectivity index (χ0) is 21.1. The van der Waals surface area contributed by atoms with E-state index in [1.54, 1.807) is 36.4 Å². The third-order valence-electron chi connectivity index (χ3n) is 4.48. The average Bonchev–Trinajstić information content (AvgIpc) is 2.94. The third kappa shape index (κ3) is 3.84. The van der Waals surface area contributed by atoms with Gasteiger partial charge in [0.05, 0.1) is 11.1 Å². The summed E-state index contributed by atoms with van der Waals surface area (Å²) in [6.45, 7) is 0. The molecule has 0 bridgehead atoms. The van der Waals surface area contributed by atoms with E-state index < -0.39 is 29.7 Å². The predicted molar refractivity (Wildman–Crippen MR) is 98.2 cm³/mol. The molecular formula is C20H16N2O7. The van der Waals surface area contributed by atoms with Crippen LogP contribution in [0.15, 0.2) is 48.5 Å². The summed E-state index contributed by atoms with van der Waals surface area (Å²) in [6.07, 6.45) is 0.306. The van der Waals surface area contributed by atoms with E-state index in [1.807, 2.05) is 0 Å². The van der Waals surface area contributed by atoms with Gasteiger partial charge in [0.2, 0.25) is 11.8 Å². The standard InChI is InChI=1S/C13H10N2O4.C7H6O3/c16-10-6-5-9(11(17)14-10)15-12(18)7-3-1-2-4-8(7)13(15)19;8-6-4-2-1-3-5(6)7(9)10/h1-4,9H,5-6H2,(H,14,16,17);1-4,8H,(H,9,10). The number of hydrogen-bond acceptors (Lipinski definition) is 6. The summed E-state index contributed by atoms with van der Waals surface area (Å²) in [5.41, 5.74) is 0.539. The van der Waals surface area contributed by atoms with Gasteiger partial charge in [-0.2, -0.15) is 0 Å². The molecule has 1 unspecified atom stereocenters. The van der Waals surface area contributed by atoms with Gasteiger partial charge in [-0.3, -0.25) is 29.4 Å². The first kappa shape index (κ1) is 19.7. The van der Waals surface area contributed by atoms with Gasteiger partial charge in [0.25, 0.3) is 11.8 Å². The number of carboxylic acids is 1. The largest absolute Gasteiger partial charge is 0.507 e. The Labute approximate surface area is 164 Å². The number of aromatic hydroxyl groups is 1. The number of phenols is 1. The molecule has 1 atom stereocenters. The van der Waals surface area contributed by atoms with Gasteiger partial charge in [0, 0.05) is 6.42 Å². The number of aromatic carboxylic acids is 1. The predicted octanol–water partition coefficient (Wildman–Crippen LogP) is 1.18. The molecule has 9 heteroatoms. The summed E-state index contributed by atoms with van der Waals surface area (Å²) in [6, 6.07) is 11.4. The molecule has 29 heavy (non-hydrogen) atoms. The van der Waals surface area contributed by atoms with Crippen LogP contribution in [0, 0.1) is 0 Å². The van der Waals surface area contributed by atoms with Crippen molar-refractivity contribution in [3.05, 3.63) is 65.2 Å². The Morgan fingerprint density at radius 2 is 1.48 bits per heavy atom. The lowest BCUT2D eigenvalue weighted by Crippen LogP contribution is -2.54. The first-order valence-electron chi connectivity index (χ1n) is 8.63. The minimum absolute atomic E-state index is 0.0671. The minimum atomic E-state index is -1.11. The van der Waals surface area contributed by atoms with Crippen molar-refractivity contribution < 1.29 is 34.2 Å². The van der Waals surface area contributed by atoms with E-state index in [9.17, 15) is 24.0 Å². The number of carboxylic acid groups (broad SMARTS) is 1. The van der Waals surface area contributed by atoms with Crippen LogP contribution in [0.4, 0.5) is 0 Å². The highest BCUT2D eigenvalue weighted by molar-refractivity contribution is 6.23. The fraction of sp³-hybridized carbons (Fsp3) is 0.150. The monoisotopic (exact) mass is 396 g/mol. The zero-order valence-electron chi connectivity index (χ0n) is 15.0. The summed E-state index contributed by atoms with van der Waals surface area (Å²) < 4.78 is 0. The van der Waals surface area contributed by atoms with Crippen LogP contribution in [0.5, 0.6) is 5.75 Å². The Hall–Kier alpha value is -4.01. The lowest BCUT2D eigenvalue weighted by molar-refractivity contribution is -0.136. The summed E-state index contributed by atoms with van der Waals surface area (Å²) in [5, 5.41) is 19.5. The van der Waals surface area contributed by atoms with Crippen molar-refractivity contribution in [2.24, 2.45) is 0 Å². The van der Waals surface area contributed by atoms with Crippen molar-refractivity contribution in [2.45, 2.75) is 18.9 Å². The van der Waals surface area contributed by atoms with E-state index in [1.165, 1.54) is 12.1 Å². The highest BCUT2D eigenvalue weighted by Gasteiger charge is 2.44. The molecule has 4 amide bonds. The molecule has 0 radical (unpaired) electrons. The number of piperidine rings is 1. The van der Waals surface area contributed by atoms with E-state index in [0.717, 1.165) is 4.90 Å². The second kappa shape index (κ2) is 7.93. The Bertz CT molecular complexity index is 996. The molecule has 2 aromatic carbocycles. The number of fused-ring (bicyclic) bond motifs is 1. The van der Waals surface area contributed by atoms with Gasteiger partial charge in [0.1, 0.15) is 17.4 Å². The Morgan fingerprint density at radius 3 is 1.97 bits per heavy atom. The number of nitrogens with one attached hydrogen (secondary N) is 1. The topological polar surface area (TPSA) is 141 Å². The zero-order valence-corrected chi connectivity index (χ0v) is 15.0. The summed E-state index contributed by atoms with van der Waals surface area (Å²) >= 11 is 0. The first-order chi connectivity index (χ1) is 13.8. The molecule has 9 nitrogen and oxygen atoms in total. The number of imide groups is 2. The number of amides is 4. The van der Waals surface area contributed by atoms with Crippen LogP contribution < -0.4 is 5.32 Å². The number of rotatable bonds is 2. The molecule has 4 rings (SSSR count). The second-order valence-electron chi connectivity index (χ2n) is 6.32. The highest BCUT2D eigenvalue weighted by Crippen LogP contribution is 2.27. The summed E-state index contributed by atoms with van der Waals surface area (Å²) in [5.74, 6) is -3.23. The van der Waals surface area contributed by atoms with Crippen molar-refractivity contribution in [1.82, 2.24) is 10.2 Å². The minimum Gasteiger partial charge on any atom is -0.507 e. The van der Waals surface area contributed by atoms with E-state index in [2.05, 4.69) is 5.32 Å². The Kier molecular flexibility index (Phi) is 5.40. The highest BCUT2D eigenvalue weighted by atomic mass is 16.4. The maximum atomic E-state index is 12.2. The maximum absolute atomic E-state index is 12.2. The number of benzene rings is 2. The number of carbonyl (C=O) groups is 5. The van der Waals surface area contributed by atoms with Gasteiger partial charge in [0.15, 0.2) is 0 Å². The quantitative estimate of drug-likeness (QED) is 0.647. The molecule has 3 N–H and O–H groups in total. The Morgan fingerprint density at radius 1 is 0.931 bits per heavy atom. The molecular weight excluding hydrogens is 380 g/mol. The van der Waals surface area contributed by atoms with Gasteiger partial charge < -0.3 is 10.2 Å². The molecule has 0 aromatic heterocycles. The van der Waals surface area contributed by atoms with Gasteiger partial charge in [-0.15, -0.1) is 0 Å². The lowest BCUT2D eigenvalue weighted by Gasteiger charge is -2.27. The number of para-hydroxylation sites is 1. The van der Waals surface area contributed by atoms with Crippen LogP contribution in [0.2, 0.25) is 0 Å². The van der Waals surface area contributed by atoms with Crippen molar-refractivity contribution in [2.75, 3.05) is 0 Å². The van der Waals surface area contributed by atoms with Crippen LogP contribution in [0.3, 0.4) is 0 Å². The molecule has 2 aliphatic heterocycles. The molecule has 1 saturated heterocycles. The van der Waals surface area contributed by atoms with Crippen LogP contribution in [-0.4, -0.2) is 50.8 Å². The van der Waals surface area contributed by atoms with Crippen LogP contribution in [0.25, 0.3) is 0 Å². The van der Waals surface area contributed by atoms with E-state index in [0.29, 0.717) is 11.1 Å². The molecule has 0 spiro atoms. The lowest BCUT2D eigenvalue weighted by atomic mass is 10.0. The van der Waals surface area contributed by atoms with E-state index in [-0.39, 0.29) is 30.1 Å². The van der Waals surface area contributed by atoms with Gasteiger partial charge in [-0.1, -0.05) is 24.3 Å². The smallest absolute Gasteiger partial charge is 0.339 e. The average molecular weight is 396 g/mol. The van der Waals surface area contributed by atoms with E-state index in [4.69, 9.17) is 10.2 Å². The van der Waals surface area contributed by atoms with Gasteiger partial charge in [-0.05, 0) is 30.7 Å². The van der Waals surface area contributed by atoms with Crippen LogP contribution in [-0.2, 0) is 9.59 Å². The molecule has 0 aliphatic carbocycles. The summed E-state index contributed by atoms with van der Waals surface area (Å²) in [7, 11) is 0.